The van der Waals surface area contributed by atoms with Crippen molar-refractivity contribution in [2.24, 2.45) is 5.92 Å². The standard InChI is InChI=1S/C15H21N3O/c19-15(6-5-12-3-4-12)18-9-8-17-11-14(18)13-2-1-7-16-10-13/h1-2,7,10,12,14,17H,3-6,8-9,11H2. The molecule has 1 amide bonds. The molecule has 0 radical (unpaired) electrons. The SMILES string of the molecule is O=C(CCC1CC1)N1CCNCC1c1cccnc1. The van der Waals surface area contributed by atoms with E-state index in [1.807, 2.05) is 17.2 Å². The van der Waals surface area contributed by atoms with E-state index in [4.69, 9.17) is 0 Å². The Labute approximate surface area is 114 Å². The number of hydrogen-bond donors (Lipinski definition) is 1. The molecule has 102 valence electrons. The van der Waals surface area contributed by atoms with Crippen LogP contribution in [-0.2, 0) is 4.79 Å². The smallest absolute Gasteiger partial charge is 0.223 e. The lowest BCUT2D eigenvalue weighted by Crippen LogP contribution is -2.48. The second kappa shape index (κ2) is 5.70. The third kappa shape index (κ3) is 3.13. The highest BCUT2D eigenvalue weighted by atomic mass is 16.2. The van der Waals surface area contributed by atoms with Gasteiger partial charge in [-0.1, -0.05) is 18.9 Å². The first-order chi connectivity index (χ1) is 9.34. The predicted molar refractivity (Wildman–Crippen MR) is 73.5 cm³/mol. The summed E-state index contributed by atoms with van der Waals surface area (Å²) in [4.78, 5) is 18.6. The molecule has 1 aromatic heterocycles. The zero-order valence-corrected chi connectivity index (χ0v) is 11.2. The van der Waals surface area contributed by atoms with Gasteiger partial charge in [0.2, 0.25) is 5.91 Å². The van der Waals surface area contributed by atoms with Crippen LogP contribution in [0.2, 0.25) is 0 Å². The molecule has 0 bridgehead atoms. The molecule has 2 heterocycles. The number of carbonyl (C=O) groups excluding carboxylic acids is 1. The van der Waals surface area contributed by atoms with Gasteiger partial charge in [-0.05, 0) is 24.0 Å². The molecule has 2 fully saturated rings. The average Bonchev–Trinajstić information content (AvgIpc) is 3.30. The van der Waals surface area contributed by atoms with Gasteiger partial charge in [0.15, 0.2) is 0 Å². The Hall–Kier alpha value is -1.42. The number of piperazine rings is 1. The van der Waals surface area contributed by atoms with Gasteiger partial charge < -0.3 is 10.2 Å². The van der Waals surface area contributed by atoms with Gasteiger partial charge in [-0.15, -0.1) is 0 Å². The lowest BCUT2D eigenvalue weighted by Gasteiger charge is -2.36. The molecule has 1 saturated carbocycles. The molecule has 1 atom stereocenters. The largest absolute Gasteiger partial charge is 0.333 e. The lowest BCUT2D eigenvalue weighted by atomic mass is 10.0. The van der Waals surface area contributed by atoms with Gasteiger partial charge in [-0.2, -0.15) is 0 Å². The van der Waals surface area contributed by atoms with Crippen LogP contribution in [0.15, 0.2) is 24.5 Å². The minimum absolute atomic E-state index is 0.147. The van der Waals surface area contributed by atoms with E-state index in [9.17, 15) is 4.79 Å². The van der Waals surface area contributed by atoms with Crippen molar-refractivity contribution in [2.75, 3.05) is 19.6 Å². The number of carbonyl (C=O) groups is 1. The summed E-state index contributed by atoms with van der Waals surface area (Å²) >= 11 is 0. The molecule has 0 spiro atoms. The normalized spacial score (nSPS) is 23.4. The third-order valence-electron chi connectivity index (χ3n) is 4.10. The topological polar surface area (TPSA) is 45.2 Å². The zero-order chi connectivity index (χ0) is 13.1. The molecule has 1 N–H and O–H groups in total. The highest BCUT2D eigenvalue weighted by Crippen LogP contribution is 2.34. The molecule has 1 unspecified atom stereocenters. The highest BCUT2D eigenvalue weighted by molar-refractivity contribution is 5.77. The maximum Gasteiger partial charge on any atom is 0.223 e. The van der Waals surface area contributed by atoms with E-state index >= 15 is 0 Å². The van der Waals surface area contributed by atoms with Gasteiger partial charge in [0.1, 0.15) is 0 Å². The molecule has 19 heavy (non-hydrogen) atoms. The number of pyridine rings is 1. The molecule has 3 rings (SSSR count). The Morgan fingerprint density at radius 1 is 1.47 bits per heavy atom. The number of rotatable bonds is 4. The van der Waals surface area contributed by atoms with E-state index in [1.54, 1.807) is 6.20 Å². The van der Waals surface area contributed by atoms with E-state index in [0.717, 1.165) is 37.5 Å². The van der Waals surface area contributed by atoms with Crippen LogP contribution in [0, 0.1) is 5.92 Å². The summed E-state index contributed by atoms with van der Waals surface area (Å²) in [6.45, 7) is 2.54. The molecule has 2 aliphatic rings. The predicted octanol–water partition coefficient (Wildman–Crippen LogP) is 1.74. The Balaban J connectivity index is 1.67. The van der Waals surface area contributed by atoms with Gasteiger partial charge in [-0.25, -0.2) is 0 Å². The van der Waals surface area contributed by atoms with E-state index in [-0.39, 0.29) is 6.04 Å². The van der Waals surface area contributed by atoms with Crippen LogP contribution in [0.1, 0.15) is 37.3 Å². The van der Waals surface area contributed by atoms with Gasteiger partial charge in [-0.3, -0.25) is 9.78 Å². The summed E-state index contributed by atoms with van der Waals surface area (Å²) in [6.07, 6.45) is 8.07. The van der Waals surface area contributed by atoms with Crippen molar-refractivity contribution >= 4 is 5.91 Å². The van der Waals surface area contributed by atoms with Crippen molar-refractivity contribution in [1.82, 2.24) is 15.2 Å². The summed E-state index contributed by atoms with van der Waals surface area (Å²) in [5, 5.41) is 3.37. The van der Waals surface area contributed by atoms with E-state index in [0.29, 0.717) is 12.3 Å². The summed E-state index contributed by atoms with van der Waals surface area (Å²) in [5.74, 6) is 1.13. The molecule has 1 saturated heterocycles. The number of nitrogens with zero attached hydrogens (tertiary/aromatic N) is 2. The average molecular weight is 259 g/mol. The second-order valence-electron chi connectivity index (χ2n) is 5.58. The minimum atomic E-state index is 0.147. The van der Waals surface area contributed by atoms with Crippen molar-refractivity contribution in [2.45, 2.75) is 31.7 Å². The molecule has 1 aliphatic carbocycles. The lowest BCUT2D eigenvalue weighted by molar-refractivity contribution is -0.134. The fourth-order valence-corrected chi connectivity index (χ4v) is 2.75. The number of nitrogens with one attached hydrogen (secondary N) is 1. The van der Waals surface area contributed by atoms with E-state index < -0.39 is 0 Å². The summed E-state index contributed by atoms with van der Waals surface area (Å²) in [5.41, 5.74) is 1.13. The molecule has 0 aromatic carbocycles. The van der Waals surface area contributed by atoms with E-state index in [2.05, 4.69) is 16.4 Å². The number of amides is 1. The van der Waals surface area contributed by atoms with Crippen molar-refractivity contribution in [1.29, 1.82) is 0 Å². The first kappa shape index (κ1) is 12.6. The first-order valence-electron chi connectivity index (χ1n) is 7.24. The Kier molecular flexibility index (Phi) is 3.78. The number of aromatic nitrogens is 1. The quantitative estimate of drug-likeness (QED) is 0.896. The van der Waals surface area contributed by atoms with Crippen molar-refractivity contribution < 1.29 is 4.79 Å². The monoisotopic (exact) mass is 259 g/mol. The van der Waals surface area contributed by atoms with Crippen LogP contribution in [0.3, 0.4) is 0 Å². The van der Waals surface area contributed by atoms with Crippen LogP contribution in [0.5, 0.6) is 0 Å². The number of hydrogen-bond acceptors (Lipinski definition) is 3. The molecule has 4 nitrogen and oxygen atoms in total. The van der Waals surface area contributed by atoms with Crippen molar-refractivity contribution in [3.63, 3.8) is 0 Å². The molecule has 1 aromatic rings. The Morgan fingerprint density at radius 2 is 2.37 bits per heavy atom. The van der Waals surface area contributed by atoms with Crippen LogP contribution in [-0.4, -0.2) is 35.4 Å². The summed E-state index contributed by atoms with van der Waals surface area (Å²) in [6, 6.07) is 4.15. The van der Waals surface area contributed by atoms with Crippen molar-refractivity contribution in [3.8, 4) is 0 Å². The highest BCUT2D eigenvalue weighted by Gasteiger charge is 2.29. The summed E-state index contributed by atoms with van der Waals surface area (Å²) in [7, 11) is 0. The summed E-state index contributed by atoms with van der Waals surface area (Å²) < 4.78 is 0. The maximum atomic E-state index is 12.4. The van der Waals surface area contributed by atoms with Crippen LogP contribution >= 0.6 is 0 Å². The Bertz CT molecular complexity index is 430. The van der Waals surface area contributed by atoms with Crippen LogP contribution in [0.4, 0.5) is 0 Å². The van der Waals surface area contributed by atoms with Gasteiger partial charge >= 0.3 is 0 Å². The van der Waals surface area contributed by atoms with Gasteiger partial charge in [0.25, 0.3) is 0 Å². The molecule has 4 heteroatoms. The fraction of sp³-hybridized carbons (Fsp3) is 0.600. The molecular formula is C15H21N3O. The third-order valence-corrected chi connectivity index (χ3v) is 4.10. The second-order valence-corrected chi connectivity index (χ2v) is 5.58. The van der Waals surface area contributed by atoms with Crippen molar-refractivity contribution in [3.05, 3.63) is 30.1 Å². The Morgan fingerprint density at radius 3 is 3.11 bits per heavy atom. The molecular weight excluding hydrogens is 238 g/mol. The zero-order valence-electron chi connectivity index (χ0n) is 11.2. The fourth-order valence-electron chi connectivity index (χ4n) is 2.75. The van der Waals surface area contributed by atoms with Gasteiger partial charge in [0.05, 0.1) is 6.04 Å². The van der Waals surface area contributed by atoms with Crippen LogP contribution in [0.25, 0.3) is 0 Å². The maximum absolute atomic E-state index is 12.4. The van der Waals surface area contributed by atoms with E-state index in [1.165, 1.54) is 12.8 Å². The van der Waals surface area contributed by atoms with Gasteiger partial charge in [0, 0.05) is 38.4 Å². The first-order valence-corrected chi connectivity index (χ1v) is 7.24. The minimum Gasteiger partial charge on any atom is -0.333 e. The van der Waals surface area contributed by atoms with Crippen LogP contribution < -0.4 is 5.32 Å². The molecule has 1 aliphatic heterocycles.